The van der Waals surface area contributed by atoms with Crippen molar-refractivity contribution in [3.8, 4) is 0 Å². The minimum absolute atomic E-state index is 0.0184. The van der Waals surface area contributed by atoms with E-state index in [-0.39, 0.29) is 17.4 Å². The molecular formula is C17H31N3O2. The number of hydrogen-bond acceptors (Lipinski definition) is 4. The van der Waals surface area contributed by atoms with Crippen LogP contribution < -0.4 is 5.32 Å². The molecule has 0 aromatic carbocycles. The zero-order valence-corrected chi connectivity index (χ0v) is 14.9. The number of hydrogen-bond donors (Lipinski definition) is 1. The zero-order valence-electron chi connectivity index (χ0n) is 14.9. The summed E-state index contributed by atoms with van der Waals surface area (Å²) in [5.74, 6) is 0.566. The van der Waals surface area contributed by atoms with Crippen LogP contribution in [0.1, 0.15) is 63.7 Å². The summed E-state index contributed by atoms with van der Waals surface area (Å²) in [4.78, 5) is 14.6. The molecule has 1 rings (SSSR count). The van der Waals surface area contributed by atoms with Crippen molar-refractivity contribution in [1.29, 1.82) is 0 Å². The number of rotatable bonds is 9. The summed E-state index contributed by atoms with van der Waals surface area (Å²) in [6, 6.07) is 1.76. The predicted octanol–water partition coefficient (Wildman–Crippen LogP) is 3.11. The molecule has 5 heteroatoms. The van der Waals surface area contributed by atoms with E-state index in [0.717, 1.165) is 25.3 Å². The second-order valence-corrected chi connectivity index (χ2v) is 6.81. The Kier molecular flexibility index (Phi) is 7.07. The molecule has 0 aliphatic carbocycles. The summed E-state index contributed by atoms with van der Waals surface area (Å²) >= 11 is 0. The van der Waals surface area contributed by atoms with Crippen LogP contribution in [0.25, 0.3) is 0 Å². The summed E-state index contributed by atoms with van der Waals surface area (Å²) < 4.78 is 5.09. The van der Waals surface area contributed by atoms with Crippen molar-refractivity contribution in [3.63, 3.8) is 0 Å². The molecule has 0 fully saturated rings. The van der Waals surface area contributed by atoms with Crippen LogP contribution >= 0.6 is 0 Å². The van der Waals surface area contributed by atoms with Gasteiger partial charge < -0.3 is 14.7 Å². The van der Waals surface area contributed by atoms with Crippen molar-refractivity contribution in [1.82, 2.24) is 15.4 Å². The van der Waals surface area contributed by atoms with Crippen LogP contribution in [-0.2, 0) is 6.42 Å². The zero-order chi connectivity index (χ0) is 16.8. The third kappa shape index (κ3) is 5.44. The Morgan fingerprint density at radius 1 is 1.45 bits per heavy atom. The Labute approximate surface area is 134 Å². The van der Waals surface area contributed by atoms with Gasteiger partial charge in [-0.25, -0.2) is 0 Å². The molecule has 0 saturated carbocycles. The lowest BCUT2D eigenvalue weighted by molar-refractivity contribution is 0.0868. The van der Waals surface area contributed by atoms with Gasteiger partial charge in [0, 0.05) is 25.1 Å². The maximum Gasteiger partial charge on any atom is 0.273 e. The average molecular weight is 309 g/mol. The van der Waals surface area contributed by atoms with Gasteiger partial charge in [0.1, 0.15) is 5.76 Å². The molecular weight excluding hydrogens is 278 g/mol. The van der Waals surface area contributed by atoms with E-state index < -0.39 is 0 Å². The van der Waals surface area contributed by atoms with Gasteiger partial charge in [-0.2, -0.15) is 0 Å². The van der Waals surface area contributed by atoms with E-state index in [2.05, 4.69) is 43.2 Å². The molecule has 1 heterocycles. The monoisotopic (exact) mass is 309 g/mol. The SMILES string of the molecule is CCCCN(C)CC(C)(C)C(C)NC(=O)c1cc(CC)on1. The van der Waals surface area contributed by atoms with E-state index in [9.17, 15) is 4.79 Å². The number of amides is 1. The minimum Gasteiger partial charge on any atom is -0.361 e. The molecule has 0 aliphatic rings. The lowest BCUT2D eigenvalue weighted by Gasteiger charge is -2.36. The maximum absolute atomic E-state index is 12.2. The Balaban J connectivity index is 2.57. The van der Waals surface area contributed by atoms with E-state index in [4.69, 9.17) is 4.52 Å². The number of unbranched alkanes of at least 4 members (excludes halogenated alkanes) is 1. The van der Waals surface area contributed by atoms with E-state index in [0.29, 0.717) is 5.69 Å². The first kappa shape index (κ1) is 18.7. The van der Waals surface area contributed by atoms with Gasteiger partial charge in [0.05, 0.1) is 0 Å². The fraction of sp³-hybridized carbons (Fsp3) is 0.765. The molecule has 0 saturated heterocycles. The lowest BCUT2D eigenvalue weighted by atomic mass is 9.84. The molecule has 1 aromatic heterocycles. The van der Waals surface area contributed by atoms with Gasteiger partial charge in [-0.1, -0.05) is 39.3 Å². The Morgan fingerprint density at radius 2 is 2.14 bits per heavy atom. The van der Waals surface area contributed by atoms with Crippen LogP contribution in [0.15, 0.2) is 10.6 Å². The smallest absolute Gasteiger partial charge is 0.273 e. The van der Waals surface area contributed by atoms with Crippen molar-refractivity contribution < 1.29 is 9.32 Å². The van der Waals surface area contributed by atoms with Crippen LogP contribution in [0.5, 0.6) is 0 Å². The van der Waals surface area contributed by atoms with Gasteiger partial charge in [0.2, 0.25) is 0 Å². The first-order valence-corrected chi connectivity index (χ1v) is 8.25. The molecule has 0 aliphatic heterocycles. The van der Waals surface area contributed by atoms with Crippen molar-refractivity contribution in [2.75, 3.05) is 20.1 Å². The lowest BCUT2D eigenvalue weighted by Crippen LogP contribution is -2.48. The Hall–Kier alpha value is -1.36. The van der Waals surface area contributed by atoms with Crippen LogP contribution in [-0.4, -0.2) is 42.1 Å². The van der Waals surface area contributed by atoms with Gasteiger partial charge in [0.25, 0.3) is 5.91 Å². The molecule has 5 nitrogen and oxygen atoms in total. The van der Waals surface area contributed by atoms with Crippen LogP contribution in [0.4, 0.5) is 0 Å². The topological polar surface area (TPSA) is 58.4 Å². The molecule has 1 N–H and O–H groups in total. The van der Waals surface area contributed by atoms with Gasteiger partial charge in [-0.15, -0.1) is 0 Å². The van der Waals surface area contributed by atoms with Gasteiger partial charge in [-0.05, 0) is 32.4 Å². The number of aromatic nitrogens is 1. The van der Waals surface area contributed by atoms with E-state index in [1.807, 2.05) is 13.8 Å². The predicted molar refractivity (Wildman–Crippen MR) is 89.0 cm³/mol. The number of aryl methyl sites for hydroxylation is 1. The van der Waals surface area contributed by atoms with Crippen LogP contribution in [0.2, 0.25) is 0 Å². The first-order valence-electron chi connectivity index (χ1n) is 8.25. The van der Waals surface area contributed by atoms with Crippen LogP contribution in [0, 0.1) is 5.41 Å². The van der Waals surface area contributed by atoms with E-state index in [1.165, 1.54) is 12.8 Å². The summed E-state index contributed by atoms with van der Waals surface area (Å²) in [5, 5.41) is 6.87. The maximum atomic E-state index is 12.2. The minimum atomic E-state index is -0.166. The highest BCUT2D eigenvalue weighted by atomic mass is 16.5. The van der Waals surface area contributed by atoms with Crippen molar-refractivity contribution in [2.24, 2.45) is 5.41 Å². The van der Waals surface area contributed by atoms with Gasteiger partial charge >= 0.3 is 0 Å². The van der Waals surface area contributed by atoms with Crippen molar-refractivity contribution in [3.05, 3.63) is 17.5 Å². The summed E-state index contributed by atoms with van der Waals surface area (Å²) in [6.45, 7) is 12.6. The number of carbonyl (C=O) groups excluding carboxylic acids is 1. The molecule has 126 valence electrons. The normalized spacial score (nSPS) is 13.4. The highest BCUT2D eigenvalue weighted by molar-refractivity contribution is 5.92. The summed E-state index contributed by atoms with van der Waals surface area (Å²) in [6.07, 6.45) is 3.14. The molecule has 0 bridgehead atoms. The van der Waals surface area contributed by atoms with Gasteiger partial charge in [-0.3, -0.25) is 4.79 Å². The molecule has 0 spiro atoms. The summed E-state index contributed by atoms with van der Waals surface area (Å²) in [7, 11) is 2.14. The Bertz CT molecular complexity index is 468. The van der Waals surface area contributed by atoms with E-state index >= 15 is 0 Å². The average Bonchev–Trinajstić information content (AvgIpc) is 2.93. The fourth-order valence-electron chi connectivity index (χ4n) is 2.39. The largest absolute Gasteiger partial charge is 0.361 e. The number of carbonyl (C=O) groups is 1. The quantitative estimate of drug-likeness (QED) is 0.761. The summed E-state index contributed by atoms with van der Waals surface area (Å²) in [5.41, 5.74) is 0.342. The molecule has 1 aromatic rings. The third-order valence-electron chi connectivity index (χ3n) is 4.23. The second-order valence-electron chi connectivity index (χ2n) is 6.81. The molecule has 1 amide bonds. The highest BCUT2D eigenvalue weighted by Crippen LogP contribution is 2.22. The standard InChI is InChI=1S/C17H31N3O2/c1-7-9-10-20(6)12-17(4,5)13(3)18-16(21)15-11-14(8-2)22-19-15/h11,13H,7-10,12H2,1-6H3,(H,18,21). The molecule has 0 radical (unpaired) electrons. The first-order chi connectivity index (χ1) is 10.3. The Morgan fingerprint density at radius 3 is 2.68 bits per heavy atom. The van der Waals surface area contributed by atoms with Gasteiger partial charge in [0.15, 0.2) is 5.69 Å². The van der Waals surface area contributed by atoms with Crippen molar-refractivity contribution in [2.45, 2.75) is 59.9 Å². The highest BCUT2D eigenvalue weighted by Gasteiger charge is 2.29. The molecule has 1 unspecified atom stereocenters. The fourth-order valence-corrected chi connectivity index (χ4v) is 2.39. The third-order valence-corrected chi connectivity index (χ3v) is 4.23. The number of nitrogens with zero attached hydrogens (tertiary/aromatic N) is 2. The second kappa shape index (κ2) is 8.32. The number of nitrogens with one attached hydrogen (secondary N) is 1. The van der Waals surface area contributed by atoms with E-state index in [1.54, 1.807) is 6.07 Å². The van der Waals surface area contributed by atoms with Crippen LogP contribution in [0.3, 0.4) is 0 Å². The molecule has 22 heavy (non-hydrogen) atoms. The van der Waals surface area contributed by atoms with Crippen molar-refractivity contribution >= 4 is 5.91 Å². The molecule has 1 atom stereocenters.